The first-order valence-corrected chi connectivity index (χ1v) is 8.26. The van der Waals surface area contributed by atoms with Gasteiger partial charge in [-0.3, -0.25) is 0 Å². The molecular formula is C11H20OSi. The van der Waals surface area contributed by atoms with E-state index in [1.54, 1.807) is 0 Å². The molecule has 1 nitrogen and oxygen atoms in total. The Hall–Kier alpha value is -0.523. The van der Waals surface area contributed by atoms with Crippen molar-refractivity contribution in [2.45, 2.75) is 39.4 Å². The van der Waals surface area contributed by atoms with E-state index in [2.05, 4.69) is 37.2 Å². The third kappa shape index (κ3) is 9.39. The smallest absolute Gasteiger partial charge is 0.129 e. The van der Waals surface area contributed by atoms with E-state index in [0.29, 0.717) is 0 Å². The van der Waals surface area contributed by atoms with E-state index in [1.807, 2.05) is 6.92 Å². The molecule has 0 amide bonds. The highest BCUT2D eigenvalue weighted by molar-refractivity contribution is 6.83. The summed E-state index contributed by atoms with van der Waals surface area (Å²) in [6.07, 6.45) is 3.87. The predicted molar refractivity (Wildman–Crippen MR) is 61.2 cm³/mol. The number of aliphatic hydroxyl groups is 1. The fourth-order valence-corrected chi connectivity index (χ4v) is 1.32. The van der Waals surface area contributed by atoms with Gasteiger partial charge in [0.1, 0.15) is 8.07 Å². The van der Waals surface area contributed by atoms with Gasteiger partial charge in [-0.1, -0.05) is 31.6 Å². The molecule has 2 heteroatoms. The Morgan fingerprint density at radius 1 is 1.38 bits per heavy atom. The largest absolute Gasteiger partial charge is 0.396 e. The lowest BCUT2D eigenvalue weighted by molar-refractivity contribution is 0.289. The van der Waals surface area contributed by atoms with Gasteiger partial charge in [-0.25, -0.2) is 0 Å². The standard InChI is InChI=1S/C11H20OSi/c1-11(7-5-6-9-12)8-10-13(2,3)4/h7,12H,5-6,9H2,1-4H3/b11-7-. The summed E-state index contributed by atoms with van der Waals surface area (Å²) in [7, 11) is -1.22. The van der Waals surface area contributed by atoms with Crippen molar-refractivity contribution in [3.63, 3.8) is 0 Å². The third-order valence-corrected chi connectivity index (χ3v) is 2.32. The highest BCUT2D eigenvalue weighted by atomic mass is 28.3. The highest BCUT2D eigenvalue weighted by Crippen LogP contribution is 2.00. The van der Waals surface area contributed by atoms with Crippen LogP contribution in [-0.2, 0) is 0 Å². The fourth-order valence-electron chi connectivity index (χ4n) is 0.747. The second-order valence-electron chi connectivity index (χ2n) is 4.25. The summed E-state index contributed by atoms with van der Waals surface area (Å²) in [5.74, 6) is 3.17. The zero-order valence-corrected chi connectivity index (χ0v) is 10.1. The Balaban J connectivity index is 4.03. The molecule has 0 aliphatic heterocycles. The molecule has 0 atom stereocenters. The minimum Gasteiger partial charge on any atom is -0.396 e. The van der Waals surface area contributed by atoms with Crippen molar-refractivity contribution in [2.75, 3.05) is 6.61 Å². The number of aliphatic hydroxyl groups excluding tert-OH is 1. The van der Waals surface area contributed by atoms with Crippen molar-refractivity contribution in [2.24, 2.45) is 0 Å². The van der Waals surface area contributed by atoms with Crippen LogP contribution in [0.4, 0.5) is 0 Å². The lowest BCUT2D eigenvalue weighted by atomic mass is 10.2. The molecule has 0 radical (unpaired) electrons. The first-order chi connectivity index (χ1) is 5.95. The van der Waals surface area contributed by atoms with Crippen molar-refractivity contribution in [3.8, 4) is 11.5 Å². The van der Waals surface area contributed by atoms with Crippen LogP contribution in [0.1, 0.15) is 19.8 Å². The first kappa shape index (κ1) is 12.5. The predicted octanol–water partition coefficient (Wildman–Crippen LogP) is 2.59. The van der Waals surface area contributed by atoms with Crippen LogP contribution < -0.4 is 0 Å². The Kier molecular flexibility index (Phi) is 5.77. The van der Waals surface area contributed by atoms with Crippen LogP contribution >= 0.6 is 0 Å². The summed E-state index contributed by atoms with van der Waals surface area (Å²) in [5, 5.41) is 8.58. The van der Waals surface area contributed by atoms with Gasteiger partial charge in [-0.2, -0.15) is 0 Å². The normalized spacial score (nSPS) is 12.2. The SMILES string of the molecule is C/C(C#C[Si](C)(C)C)=C/CCCO. The van der Waals surface area contributed by atoms with E-state index in [9.17, 15) is 0 Å². The van der Waals surface area contributed by atoms with Crippen LogP contribution in [-0.4, -0.2) is 19.8 Å². The van der Waals surface area contributed by atoms with Crippen LogP contribution in [0.2, 0.25) is 19.6 Å². The molecular weight excluding hydrogens is 176 g/mol. The quantitative estimate of drug-likeness (QED) is 0.418. The second kappa shape index (κ2) is 6.01. The van der Waals surface area contributed by atoms with Crippen LogP contribution in [0, 0.1) is 11.5 Å². The highest BCUT2D eigenvalue weighted by Gasteiger charge is 2.06. The lowest BCUT2D eigenvalue weighted by Gasteiger charge is -2.03. The van der Waals surface area contributed by atoms with Crippen LogP contribution in [0.25, 0.3) is 0 Å². The molecule has 0 fully saturated rings. The fraction of sp³-hybridized carbons (Fsp3) is 0.636. The Bertz CT molecular complexity index is 225. The topological polar surface area (TPSA) is 20.2 Å². The van der Waals surface area contributed by atoms with Crippen LogP contribution in [0.15, 0.2) is 11.6 Å². The van der Waals surface area contributed by atoms with E-state index in [-0.39, 0.29) is 6.61 Å². The summed E-state index contributed by atoms with van der Waals surface area (Å²) < 4.78 is 0. The Morgan fingerprint density at radius 3 is 2.46 bits per heavy atom. The van der Waals surface area contributed by atoms with E-state index in [4.69, 9.17) is 5.11 Å². The maximum absolute atomic E-state index is 8.58. The molecule has 0 saturated carbocycles. The molecule has 1 N–H and O–H groups in total. The van der Waals surface area contributed by atoms with Gasteiger partial charge in [-0.05, 0) is 25.3 Å². The van der Waals surface area contributed by atoms with Gasteiger partial charge in [0.2, 0.25) is 0 Å². The molecule has 0 aromatic heterocycles. The maximum Gasteiger partial charge on any atom is 0.129 e. The average Bonchev–Trinajstić information content (AvgIpc) is 2.00. The molecule has 0 spiro atoms. The van der Waals surface area contributed by atoms with Crippen molar-refractivity contribution >= 4 is 8.07 Å². The second-order valence-corrected chi connectivity index (χ2v) is 9.00. The summed E-state index contributed by atoms with van der Waals surface area (Å²) in [6.45, 7) is 9.01. The molecule has 74 valence electrons. The summed E-state index contributed by atoms with van der Waals surface area (Å²) in [4.78, 5) is 0. The number of allylic oxidation sites excluding steroid dienone is 2. The van der Waals surface area contributed by atoms with Crippen molar-refractivity contribution in [1.82, 2.24) is 0 Å². The lowest BCUT2D eigenvalue weighted by Crippen LogP contribution is -2.16. The number of hydrogen-bond donors (Lipinski definition) is 1. The van der Waals surface area contributed by atoms with Crippen LogP contribution in [0.3, 0.4) is 0 Å². The molecule has 0 aliphatic rings. The van der Waals surface area contributed by atoms with Gasteiger partial charge in [0.15, 0.2) is 0 Å². The maximum atomic E-state index is 8.58. The van der Waals surface area contributed by atoms with E-state index in [1.165, 1.54) is 0 Å². The minimum absolute atomic E-state index is 0.269. The van der Waals surface area contributed by atoms with Gasteiger partial charge in [0.25, 0.3) is 0 Å². The Morgan fingerprint density at radius 2 is 2.00 bits per heavy atom. The molecule has 13 heavy (non-hydrogen) atoms. The van der Waals surface area contributed by atoms with Gasteiger partial charge < -0.3 is 5.11 Å². The van der Waals surface area contributed by atoms with Gasteiger partial charge >= 0.3 is 0 Å². The van der Waals surface area contributed by atoms with E-state index in [0.717, 1.165) is 18.4 Å². The molecule has 0 unspecified atom stereocenters. The molecule has 0 aromatic rings. The Labute approximate surface area is 82.9 Å². The van der Waals surface area contributed by atoms with Crippen LogP contribution in [0.5, 0.6) is 0 Å². The number of hydrogen-bond acceptors (Lipinski definition) is 1. The minimum atomic E-state index is -1.22. The van der Waals surface area contributed by atoms with E-state index < -0.39 is 8.07 Å². The summed E-state index contributed by atoms with van der Waals surface area (Å²) in [6, 6.07) is 0. The van der Waals surface area contributed by atoms with Gasteiger partial charge in [0, 0.05) is 6.61 Å². The number of unbranched alkanes of at least 4 members (excludes halogenated alkanes) is 1. The molecule has 0 aromatic carbocycles. The molecule has 0 rings (SSSR count). The zero-order valence-electron chi connectivity index (χ0n) is 9.15. The summed E-state index contributed by atoms with van der Waals surface area (Å²) in [5.41, 5.74) is 4.44. The zero-order chi connectivity index (χ0) is 10.3. The van der Waals surface area contributed by atoms with Crippen molar-refractivity contribution < 1.29 is 5.11 Å². The van der Waals surface area contributed by atoms with Gasteiger partial charge in [-0.15, -0.1) is 5.54 Å². The monoisotopic (exact) mass is 196 g/mol. The van der Waals surface area contributed by atoms with Gasteiger partial charge in [0.05, 0.1) is 0 Å². The molecule has 0 bridgehead atoms. The summed E-state index contributed by atoms with van der Waals surface area (Å²) >= 11 is 0. The molecule has 0 saturated heterocycles. The van der Waals surface area contributed by atoms with E-state index >= 15 is 0 Å². The van der Waals surface area contributed by atoms with Crippen molar-refractivity contribution in [1.29, 1.82) is 0 Å². The molecule has 0 heterocycles. The third-order valence-electron chi connectivity index (χ3n) is 1.45. The number of rotatable bonds is 3. The van der Waals surface area contributed by atoms with Crippen molar-refractivity contribution in [3.05, 3.63) is 11.6 Å². The first-order valence-electron chi connectivity index (χ1n) is 4.76. The molecule has 0 aliphatic carbocycles. The average molecular weight is 196 g/mol.